The van der Waals surface area contributed by atoms with Crippen molar-refractivity contribution < 1.29 is 9.90 Å². The number of benzene rings is 1. The second kappa shape index (κ2) is 4.72. The molecule has 3 nitrogen and oxygen atoms in total. The number of carbonyl (C=O) groups excluding carboxylic acids is 1. The van der Waals surface area contributed by atoms with E-state index in [4.69, 9.17) is 23.2 Å². The number of aliphatic hydroxyl groups is 1. The predicted molar refractivity (Wildman–Crippen MR) is 72.2 cm³/mol. The fourth-order valence-corrected chi connectivity index (χ4v) is 2.54. The SMILES string of the molecule is CC(C)C1(O)CN(C(=O)c2c(Cl)cccc2Cl)C1. The minimum Gasteiger partial charge on any atom is -0.386 e. The maximum atomic E-state index is 12.2. The first-order valence-corrected chi connectivity index (χ1v) is 6.56. The topological polar surface area (TPSA) is 40.5 Å². The smallest absolute Gasteiger partial charge is 0.257 e. The van der Waals surface area contributed by atoms with E-state index in [9.17, 15) is 9.90 Å². The number of likely N-dealkylation sites (tertiary alicyclic amines) is 1. The molecule has 1 aromatic rings. The average molecular weight is 288 g/mol. The molecule has 1 saturated heterocycles. The van der Waals surface area contributed by atoms with E-state index in [1.165, 1.54) is 0 Å². The lowest BCUT2D eigenvalue weighted by Crippen LogP contribution is -2.66. The molecule has 1 aromatic carbocycles. The summed E-state index contributed by atoms with van der Waals surface area (Å²) in [6.45, 7) is 4.52. The Morgan fingerprint density at radius 1 is 1.33 bits per heavy atom. The Morgan fingerprint density at radius 2 is 1.83 bits per heavy atom. The van der Waals surface area contributed by atoms with Gasteiger partial charge in [0.1, 0.15) is 5.60 Å². The molecule has 1 aliphatic rings. The monoisotopic (exact) mass is 287 g/mol. The van der Waals surface area contributed by atoms with Gasteiger partial charge in [-0.1, -0.05) is 43.1 Å². The molecule has 1 aliphatic heterocycles. The molecule has 0 spiro atoms. The number of hydrogen-bond acceptors (Lipinski definition) is 2. The lowest BCUT2D eigenvalue weighted by Gasteiger charge is -2.49. The highest BCUT2D eigenvalue weighted by Crippen LogP contribution is 2.33. The van der Waals surface area contributed by atoms with Crippen molar-refractivity contribution in [2.75, 3.05) is 13.1 Å². The Bertz CT molecular complexity index is 462. The Hall–Kier alpha value is -0.770. The number of β-amino-alcohol motifs (C(OH)–C–C–N with tert-alkyl or cyclic N) is 1. The molecule has 2 rings (SSSR count). The van der Waals surface area contributed by atoms with Gasteiger partial charge in [0.25, 0.3) is 5.91 Å². The van der Waals surface area contributed by atoms with Crippen LogP contribution in [0, 0.1) is 5.92 Å². The highest BCUT2D eigenvalue weighted by Gasteiger charge is 2.46. The number of rotatable bonds is 2. The molecular weight excluding hydrogens is 273 g/mol. The highest BCUT2D eigenvalue weighted by atomic mass is 35.5. The highest BCUT2D eigenvalue weighted by molar-refractivity contribution is 6.39. The van der Waals surface area contributed by atoms with Gasteiger partial charge in [-0.25, -0.2) is 0 Å². The molecule has 0 unspecified atom stereocenters. The van der Waals surface area contributed by atoms with Crippen molar-refractivity contribution >= 4 is 29.1 Å². The summed E-state index contributed by atoms with van der Waals surface area (Å²) in [5.41, 5.74) is -0.477. The number of halogens is 2. The summed E-state index contributed by atoms with van der Waals surface area (Å²) < 4.78 is 0. The molecule has 0 saturated carbocycles. The minimum atomic E-state index is -0.788. The molecule has 5 heteroatoms. The summed E-state index contributed by atoms with van der Waals surface area (Å²) in [6, 6.07) is 4.96. The molecule has 0 aromatic heterocycles. The van der Waals surface area contributed by atoms with Gasteiger partial charge in [-0.15, -0.1) is 0 Å². The van der Waals surface area contributed by atoms with Gasteiger partial charge in [0.15, 0.2) is 0 Å². The largest absolute Gasteiger partial charge is 0.386 e. The summed E-state index contributed by atoms with van der Waals surface area (Å²) in [5.74, 6) is -0.112. The predicted octanol–water partition coefficient (Wildman–Crippen LogP) is 2.84. The third-order valence-corrected chi connectivity index (χ3v) is 4.10. The quantitative estimate of drug-likeness (QED) is 0.909. The molecule has 0 bridgehead atoms. The third kappa shape index (κ3) is 2.22. The average Bonchev–Trinajstić information content (AvgIpc) is 2.23. The lowest BCUT2D eigenvalue weighted by atomic mass is 9.82. The first-order valence-electron chi connectivity index (χ1n) is 5.81. The molecule has 0 atom stereocenters. The van der Waals surface area contributed by atoms with Crippen molar-refractivity contribution in [1.82, 2.24) is 4.90 Å². The zero-order valence-electron chi connectivity index (χ0n) is 10.3. The van der Waals surface area contributed by atoms with Crippen molar-refractivity contribution in [3.63, 3.8) is 0 Å². The van der Waals surface area contributed by atoms with E-state index < -0.39 is 5.60 Å². The van der Waals surface area contributed by atoms with Gasteiger partial charge in [-0.2, -0.15) is 0 Å². The number of amides is 1. The fraction of sp³-hybridized carbons (Fsp3) is 0.462. The number of carbonyl (C=O) groups is 1. The van der Waals surface area contributed by atoms with Crippen LogP contribution in [0.1, 0.15) is 24.2 Å². The van der Waals surface area contributed by atoms with Gasteiger partial charge in [0.05, 0.1) is 28.7 Å². The number of nitrogens with zero attached hydrogens (tertiary/aromatic N) is 1. The Morgan fingerprint density at radius 3 is 2.28 bits per heavy atom. The van der Waals surface area contributed by atoms with Gasteiger partial charge in [0, 0.05) is 0 Å². The molecule has 0 radical (unpaired) electrons. The maximum absolute atomic E-state index is 12.2. The van der Waals surface area contributed by atoms with Gasteiger partial charge in [0.2, 0.25) is 0 Å². The summed E-state index contributed by atoms with van der Waals surface area (Å²) in [5, 5.41) is 10.8. The zero-order valence-corrected chi connectivity index (χ0v) is 11.8. The second-order valence-electron chi connectivity index (χ2n) is 5.02. The molecule has 1 N–H and O–H groups in total. The van der Waals surface area contributed by atoms with Crippen molar-refractivity contribution in [1.29, 1.82) is 0 Å². The standard InChI is InChI=1S/C13H15Cl2NO2/c1-8(2)13(18)6-16(7-13)12(17)11-9(14)4-3-5-10(11)15/h3-5,8,18H,6-7H2,1-2H3. The Labute approximate surface area is 116 Å². The van der Waals surface area contributed by atoms with E-state index in [2.05, 4.69) is 0 Å². The van der Waals surface area contributed by atoms with Crippen LogP contribution in [0.15, 0.2) is 18.2 Å². The van der Waals surface area contributed by atoms with E-state index in [1.54, 1.807) is 23.1 Å². The Balaban J connectivity index is 2.16. The fourth-order valence-electron chi connectivity index (χ4n) is 1.98. The maximum Gasteiger partial charge on any atom is 0.257 e. The number of hydrogen-bond donors (Lipinski definition) is 1. The molecule has 1 fully saturated rings. The van der Waals surface area contributed by atoms with Crippen LogP contribution in [0.2, 0.25) is 10.0 Å². The zero-order chi connectivity index (χ0) is 13.5. The molecular formula is C13H15Cl2NO2. The van der Waals surface area contributed by atoms with Crippen LogP contribution in [-0.4, -0.2) is 34.6 Å². The van der Waals surface area contributed by atoms with Crippen LogP contribution in [0.4, 0.5) is 0 Å². The van der Waals surface area contributed by atoms with E-state index in [0.717, 1.165) is 0 Å². The van der Waals surface area contributed by atoms with Crippen LogP contribution in [0.25, 0.3) is 0 Å². The summed E-state index contributed by atoms with van der Waals surface area (Å²) in [6.07, 6.45) is 0. The summed E-state index contributed by atoms with van der Waals surface area (Å²) in [7, 11) is 0. The van der Waals surface area contributed by atoms with Crippen LogP contribution in [0.5, 0.6) is 0 Å². The van der Waals surface area contributed by atoms with Gasteiger partial charge < -0.3 is 10.0 Å². The van der Waals surface area contributed by atoms with Crippen LogP contribution >= 0.6 is 23.2 Å². The van der Waals surface area contributed by atoms with Crippen LogP contribution in [-0.2, 0) is 0 Å². The van der Waals surface area contributed by atoms with Gasteiger partial charge >= 0.3 is 0 Å². The minimum absolute atomic E-state index is 0.114. The van der Waals surface area contributed by atoms with Crippen LogP contribution in [0.3, 0.4) is 0 Å². The normalized spacial score (nSPS) is 17.8. The van der Waals surface area contributed by atoms with Crippen molar-refractivity contribution in [3.8, 4) is 0 Å². The first-order chi connectivity index (χ1) is 8.35. The molecule has 0 aliphatic carbocycles. The van der Waals surface area contributed by atoms with E-state index >= 15 is 0 Å². The van der Waals surface area contributed by atoms with Gasteiger partial charge in [-0.05, 0) is 18.1 Å². The molecule has 98 valence electrons. The lowest BCUT2D eigenvalue weighted by molar-refractivity contribution is -0.110. The van der Waals surface area contributed by atoms with Crippen molar-refractivity contribution in [2.24, 2.45) is 5.92 Å². The Kier molecular flexibility index (Phi) is 3.58. The first kappa shape index (κ1) is 13.7. The van der Waals surface area contributed by atoms with E-state index in [0.29, 0.717) is 28.7 Å². The van der Waals surface area contributed by atoms with Crippen molar-refractivity contribution in [2.45, 2.75) is 19.4 Å². The van der Waals surface area contributed by atoms with Crippen LogP contribution < -0.4 is 0 Å². The molecule has 1 amide bonds. The van der Waals surface area contributed by atoms with E-state index in [1.807, 2.05) is 13.8 Å². The van der Waals surface area contributed by atoms with Crippen molar-refractivity contribution in [3.05, 3.63) is 33.8 Å². The van der Waals surface area contributed by atoms with E-state index in [-0.39, 0.29) is 11.8 Å². The molecule has 1 heterocycles. The summed E-state index contributed by atoms with van der Waals surface area (Å²) >= 11 is 12.0. The second-order valence-corrected chi connectivity index (χ2v) is 5.83. The molecule has 18 heavy (non-hydrogen) atoms. The van der Waals surface area contributed by atoms with Gasteiger partial charge in [-0.3, -0.25) is 4.79 Å². The third-order valence-electron chi connectivity index (χ3n) is 3.47. The summed E-state index contributed by atoms with van der Waals surface area (Å²) in [4.78, 5) is 13.8.